The number of alkyl halides is 3. The monoisotopic (exact) mass is 604 g/mol. The first-order valence-electron chi connectivity index (χ1n) is 13.3. The zero-order valence-corrected chi connectivity index (χ0v) is 23.8. The van der Waals surface area contributed by atoms with Crippen LogP contribution >= 0.6 is 11.6 Å². The molecule has 0 bridgehead atoms. The van der Waals surface area contributed by atoms with Crippen molar-refractivity contribution in [2.75, 3.05) is 36.4 Å². The highest BCUT2D eigenvalue weighted by atomic mass is 35.5. The van der Waals surface area contributed by atoms with Gasteiger partial charge in [-0.05, 0) is 43.5 Å². The highest BCUT2D eigenvalue weighted by molar-refractivity contribution is 6.31. The summed E-state index contributed by atoms with van der Waals surface area (Å²) in [7, 11) is 0. The molecule has 41 heavy (non-hydrogen) atoms. The number of aliphatic hydroxyl groups is 1. The van der Waals surface area contributed by atoms with Crippen molar-refractivity contribution < 1.29 is 36.6 Å². The van der Waals surface area contributed by atoms with Gasteiger partial charge < -0.3 is 20.6 Å². The highest BCUT2D eigenvalue weighted by Gasteiger charge is 2.32. The zero-order chi connectivity index (χ0) is 30.5. The van der Waals surface area contributed by atoms with Gasteiger partial charge in [0.05, 0.1) is 23.4 Å². The number of nitrogens with zero attached hydrogens (tertiary/aromatic N) is 2. The molecule has 0 radical (unpaired) electrons. The van der Waals surface area contributed by atoms with Crippen molar-refractivity contribution in [3.8, 4) is 0 Å². The van der Waals surface area contributed by atoms with Crippen LogP contribution in [0.1, 0.15) is 49.5 Å². The Balaban J connectivity index is 1.71. The number of rotatable bonds is 10. The maximum Gasteiger partial charge on any atom is 0.390 e. The Labute approximate surface area is 240 Å². The Morgan fingerprint density at radius 1 is 1.12 bits per heavy atom. The van der Waals surface area contributed by atoms with Crippen LogP contribution in [0.2, 0.25) is 5.02 Å². The fourth-order valence-electron chi connectivity index (χ4n) is 4.63. The predicted molar refractivity (Wildman–Crippen MR) is 147 cm³/mol. The Morgan fingerprint density at radius 3 is 2.46 bits per heavy atom. The standard InChI is InChI=1S/C28H34ClF5N4O3/c1-16(2)12-23(39)27(41)35-14-18-4-6-20(25(31)24(18)30)26(40)36-21-7-5-19(29)13-22(21)38-11-10-37(17(3)15-38)9-8-28(32,33)34/h4-7,13,16-17,23,39H,8-12,14-15H2,1-3H3,(H,35,41)(H,36,40)/t17-,23?/m1/s1. The van der Waals surface area contributed by atoms with Gasteiger partial charge in [0, 0.05) is 49.4 Å². The second kappa shape index (κ2) is 13.8. The van der Waals surface area contributed by atoms with E-state index in [1.54, 1.807) is 17.9 Å². The normalized spacial score (nSPS) is 17.0. The summed E-state index contributed by atoms with van der Waals surface area (Å²) in [6, 6.07) is 6.66. The number of hydrogen-bond donors (Lipinski definition) is 3. The highest BCUT2D eigenvalue weighted by Crippen LogP contribution is 2.32. The van der Waals surface area contributed by atoms with Gasteiger partial charge in [-0.25, -0.2) is 8.78 Å². The molecule has 1 heterocycles. The average molecular weight is 605 g/mol. The van der Waals surface area contributed by atoms with Gasteiger partial charge >= 0.3 is 6.18 Å². The van der Waals surface area contributed by atoms with Crippen molar-refractivity contribution in [3.05, 3.63) is 58.1 Å². The lowest BCUT2D eigenvalue weighted by molar-refractivity contribution is -0.139. The summed E-state index contributed by atoms with van der Waals surface area (Å²) in [5.74, 6) is -4.30. The molecule has 7 nitrogen and oxygen atoms in total. The van der Waals surface area contributed by atoms with E-state index in [9.17, 15) is 36.6 Å². The van der Waals surface area contributed by atoms with Gasteiger partial charge in [0.1, 0.15) is 6.10 Å². The summed E-state index contributed by atoms with van der Waals surface area (Å²) in [5.41, 5.74) is -0.00339. The van der Waals surface area contributed by atoms with Crippen molar-refractivity contribution in [1.29, 1.82) is 0 Å². The van der Waals surface area contributed by atoms with Crippen molar-refractivity contribution in [2.24, 2.45) is 5.92 Å². The number of carbonyl (C=O) groups excluding carboxylic acids is 2. The molecule has 1 aliphatic heterocycles. The molecular weight excluding hydrogens is 571 g/mol. The summed E-state index contributed by atoms with van der Waals surface area (Å²) in [6.07, 6.45) is -6.24. The number of halogens is 6. The van der Waals surface area contributed by atoms with Gasteiger partial charge in [-0.3, -0.25) is 14.5 Å². The van der Waals surface area contributed by atoms with E-state index < -0.39 is 47.7 Å². The molecule has 13 heteroatoms. The summed E-state index contributed by atoms with van der Waals surface area (Å²) in [4.78, 5) is 28.6. The van der Waals surface area contributed by atoms with Crippen LogP contribution in [0.4, 0.5) is 33.3 Å². The number of aliphatic hydroxyl groups excluding tert-OH is 1. The Kier molecular flexibility index (Phi) is 11.0. The summed E-state index contributed by atoms with van der Waals surface area (Å²) in [5, 5.41) is 15.2. The quantitative estimate of drug-likeness (QED) is 0.318. The van der Waals surface area contributed by atoms with Crippen LogP contribution in [0.15, 0.2) is 30.3 Å². The molecule has 1 aliphatic rings. The average Bonchev–Trinajstić information content (AvgIpc) is 2.88. The SMILES string of the molecule is CC(C)CC(O)C(=O)NCc1ccc(C(=O)Nc2ccc(Cl)cc2N2CCN(CCC(F)(F)F)[C@H](C)C2)c(F)c1F. The molecule has 2 amide bonds. The summed E-state index contributed by atoms with van der Waals surface area (Å²) in [6.45, 7) is 6.02. The Morgan fingerprint density at radius 2 is 1.83 bits per heavy atom. The molecule has 2 aromatic carbocycles. The van der Waals surface area contributed by atoms with Crippen molar-refractivity contribution in [2.45, 2.75) is 58.5 Å². The van der Waals surface area contributed by atoms with Crippen LogP contribution in [-0.2, 0) is 11.3 Å². The van der Waals surface area contributed by atoms with Crippen LogP contribution in [0.3, 0.4) is 0 Å². The van der Waals surface area contributed by atoms with Gasteiger partial charge in [0.15, 0.2) is 11.6 Å². The van der Waals surface area contributed by atoms with Crippen LogP contribution < -0.4 is 15.5 Å². The van der Waals surface area contributed by atoms with Crippen LogP contribution in [0, 0.1) is 17.6 Å². The predicted octanol–water partition coefficient (Wildman–Crippen LogP) is 5.36. The molecule has 0 saturated carbocycles. The van der Waals surface area contributed by atoms with Crippen molar-refractivity contribution in [3.63, 3.8) is 0 Å². The van der Waals surface area contributed by atoms with E-state index in [1.807, 2.05) is 18.7 Å². The zero-order valence-electron chi connectivity index (χ0n) is 23.0. The number of benzene rings is 2. The van der Waals surface area contributed by atoms with E-state index in [-0.39, 0.29) is 42.7 Å². The minimum absolute atomic E-state index is 0.0557. The Bertz CT molecular complexity index is 1240. The molecule has 1 saturated heterocycles. The summed E-state index contributed by atoms with van der Waals surface area (Å²) < 4.78 is 67.8. The third-order valence-corrected chi connectivity index (χ3v) is 7.09. The number of amides is 2. The van der Waals surface area contributed by atoms with Gasteiger partial charge in [0.25, 0.3) is 5.91 Å². The number of nitrogens with one attached hydrogen (secondary N) is 2. The second-order valence-electron chi connectivity index (χ2n) is 10.6. The minimum Gasteiger partial charge on any atom is -0.383 e. The van der Waals surface area contributed by atoms with Crippen LogP contribution in [-0.4, -0.2) is 66.3 Å². The van der Waals surface area contributed by atoms with Crippen LogP contribution in [0.25, 0.3) is 0 Å². The van der Waals surface area contributed by atoms with Crippen molar-refractivity contribution in [1.82, 2.24) is 10.2 Å². The van der Waals surface area contributed by atoms with E-state index >= 15 is 0 Å². The fraction of sp³-hybridized carbons (Fsp3) is 0.500. The first-order valence-corrected chi connectivity index (χ1v) is 13.6. The third kappa shape index (κ3) is 9.01. The van der Waals surface area contributed by atoms with Gasteiger partial charge in [-0.1, -0.05) is 31.5 Å². The third-order valence-electron chi connectivity index (χ3n) is 6.85. The van der Waals surface area contributed by atoms with Gasteiger partial charge in [-0.2, -0.15) is 13.2 Å². The summed E-state index contributed by atoms with van der Waals surface area (Å²) >= 11 is 6.18. The molecule has 2 atom stereocenters. The molecule has 0 aliphatic carbocycles. The smallest absolute Gasteiger partial charge is 0.383 e. The second-order valence-corrected chi connectivity index (χ2v) is 11.0. The molecule has 0 spiro atoms. The van der Waals surface area contributed by atoms with E-state index in [1.165, 1.54) is 18.2 Å². The first kappa shape index (κ1) is 32.6. The maximum absolute atomic E-state index is 14.9. The molecule has 3 N–H and O–H groups in total. The lowest BCUT2D eigenvalue weighted by atomic mass is 10.1. The number of hydrogen-bond acceptors (Lipinski definition) is 5. The molecular formula is C28H34ClF5N4O3. The molecule has 2 aromatic rings. The number of carbonyl (C=O) groups is 2. The Hall–Kier alpha value is -2.96. The van der Waals surface area contributed by atoms with Gasteiger partial charge in [0.2, 0.25) is 5.91 Å². The molecule has 1 unspecified atom stereocenters. The van der Waals surface area contributed by atoms with E-state index in [4.69, 9.17) is 11.6 Å². The van der Waals surface area contributed by atoms with E-state index in [0.717, 1.165) is 6.07 Å². The van der Waals surface area contributed by atoms with Gasteiger partial charge in [-0.15, -0.1) is 0 Å². The minimum atomic E-state index is -4.25. The largest absolute Gasteiger partial charge is 0.390 e. The molecule has 226 valence electrons. The number of anilines is 2. The molecule has 3 rings (SSSR count). The lowest BCUT2D eigenvalue weighted by Gasteiger charge is -2.41. The van der Waals surface area contributed by atoms with Crippen molar-refractivity contribution >= 4 is 34.8 Å². The fourth-order valence-corrected chi connectivity index (χ4v) is 4.80. The molecule has 0 aromatic heterocycles. The molecule has 1 fully saturated rings. The van der Waals surface area contributed by atoms with E-state index in [2.05, 4.69) is 10.6 Å². The maximum atomic E-state index is 14.9. The number of piperazine rings is 1. The van der Waals surface area contributed by atoms with E-state index in [0.29, 0.717) is 30.3 Å². The first-order chi connectivity index (χ1) is 19.2. The van der Waals surface area contributed by atoms with Crippen LogP contribution in [0.5, 0.6) is 0 Å². The topological polar surface area (TPSA) is 84.9 Å². The lowest BCUT2D eigenvalue weighted by Crippen LogP contribution is -2.52.